The fraction of sp³-hybridized carbons (Fsp3) is 0.500. The summed E-state index contributed by atoms with van der Waals surface area (Å²) in [6, 6.07) is 0. The summed E-state index contributed by atoms with van der Waals surface area (Å²) in [5, 5.41) is 9.28. The highest BCUT2D eigenvalue weighted by atomic mass is 35.5. The molecule has 1 N–H and O–H groups in total. The van der Waals surface area contributed by atoms with Crippen LogP contribution in [-0.4, -0.2) is 30.8 Å². The lowest BCUT2D eigenvalue weighted by Gasteiger charge is -2.33. The summed E-state index contributed by atoms with van der Waals surface area (Å²) in [6.45, 7) is 1.22. The minimum Gasteiger partial charge on any atom is -0.512 e. The molecule has 0 aromatic heterocycles. The number of fused-ring (bicyclic) bond motifs is 5. The second-order valence-electron chi connectivity index (χ2n) is 5.27. The van der Waals surface area contributed by atoms with Crippen LogP contribution in [0.15, 0.2) is 21.4 Å². The summed E-state index contributed by atoms with van der Waals surface area (Å²) in [5.41, 5.74) is -0.361. The van der Waals surface area contributed by atoms with E-state index in [9.17, 15) is 14.7 Å². The Morgan fingerprint density at radius 3 is 1.57 bits per heavy atom. The number of aliphatic hydroxyl groups excluding tert-OH is 1. The molecule has 4 atom stereocenters. The molecule has 0 saturated heterocycles. The van der Waals surface area contributed by atoms with Crippen LogP contribution in [-0.2, 0) is 9.59 Å². The molecule has 2 saturated carbocycles. The average molecular weight is 411 g/mol. The second-order valence-corrected chi connectivity index (χ2v) is 8.55. The number of Topliss-reactive ketones (excluding diaryl/α,β-unsaturated/α-hetero) is 2. The predicted octanol–water partition coefficient (Wildman–Crippen LogP) is 4.05. The van der Waals surface area contributed by atoms with Crippen LogP contribution in [0.25, 0.3) is 0 Å². The van der Waals surface area contributed by atoms with Gasteiger partial charge in [-0.15, -0.1) is 23.2 Å². The Hall–Kier alpha value is 0.360. The molecule has 2 bridgehead atoms. The van der Waals surface area contributed by atoms with Crippen molar-refractivity contribution in [3.8, 4) is 0 Å². The van der Waals surface area contributed by atoms with Crippen molar-refractivity contribution in [3.63, 3.8) is 0 Å². The molecule has 0 unspecified atom stereocenters. The van der Waals surface area contributed by atoms with Gasteiger partial charge in [-0.3, -0.25) is 9.59 Å². The Balaban J connectivity index is 2.36. The molecular formula is C12H6Cl6O3. The van der Waals surface area contributed by atoms with Gasteiger partial charge in [0.05, 0.1) is 27.5 Å². The molecule has 0 aromatic carbocycles. The molecular weight excluding hydrogens is 405 g/mol. The third-order valence-corrected chi connectivity index (χ3v) is 8.61. The quantitative estimate of drug-likeness (QED) is 0.284. The number of halogens is 6. The molecule has 0 radical (unpaired) electrons. The largest absolute Gasteiger partial charge is 0.512 e. The van der Waals surface area contributed by atoms with Crippen LogP contribution in [0.3, 0.4) is 0 Å². The summed E-state index contributed by atoms with van der Waals surface area (Å²) in [4.78, 5) is 21.4. The Labute approximate surface area is 149 Å². The number of rotatable bonds is 0. The SMILES string of the molecule is CC(O)=C1C(=O)[C@@H]2[C@H](C1=O)[C@@]1(Cl)C(Cl)=C(Cl)[C@]2(Cl)C1(Cl)Cl. The van der Waals surface area contributed by atoms with E-state index in [1.165, 1.54) is 6.92 Å². The van der Waals surface area contributed by atoms with Crippen molar-refractivity contribution in [2.75, 3.05) is 0 Å². The first-order chi connectivity index (χ1) is 9.45. The number of allylic oxidation sites excluding steroid dienone is 4. The second kappa shape index (κ2) is 4.25. The zero-order chi connectivity index (χ0) is 16.1. The topological polar surface area (TPSA) is 54.4 Å². The van der Waals surface area contributed by atoms with Crippen molar-refractivity contribution in [3.05, 3.63) is 21.4 Å². The zero-order valence-corrected chi connectivity index (χ0v) is 14.7. The lowest BCUT2D eigenvalue weighted by atomic mass is 9.84. The van der Waals surface area contributed by atoms with Gasteiger partial charge in [0.1, 0.15) is 15.5 Å². The van der Waals surface area contributed by atoms with E-state index in [1.54, 1.807) is 0 Å². The Morgan fingerprint density at radius 2 is 1.29 bits per heavy atom. The van der Waals surface area contributed by atoms with Gasteiger partial charge in [-0.05, 0) is 6.92 Å². The van der Waals surface area contributed by atoms with Crippen molar-refractivity contribution in [2.45, 2.75) is 21.0 Å². The van der Waals surface area contributed by atoms with Gasteiger partial charge in [-0.2, -0.15) is 0 Å². The van der Waals surface area contributed by atoms with Crippen LogP contribution in [0.2, 0.25) is 0 Å². The summed E-state index contributed by atoms with van der Waals surface area (Å²) >= 11 is 37.7. The Morgan fingerprint density at radius 1 is 0.952 bits per heavy atom. The molecule has 3 aliphatic rings. The summed E-state index contributed by atoms with van der Waals surface area (Å²) < 4.78 is -1.94. The molecule has 3 rings (SSSR count). The molecule has 9 heteroatoms. The minimum absolute atomic E-state index is 0.148. The number of carbonyl (C=O) groups excluding carboxylic acids is 2. The predicted molar refractivity (Wildman–Crippen MR) is 82.7 cm³/mol. The molecule has 2 fully saturated rings. The van der Waals surface area contributed by atoms with Gasteiger partial charge in [0.2, 0.25) is 0 Å². The first kappa shape index (κ1) is 16.2. The van der Waals surface area contributed by atoms with Crippen LogP contribution >= 0.6 is 69.6 Å². The smallest absolute Gasteiger partial charge is 0.175 e. The lowest BCUT2D eigenvalue weighted by molar-refractivity contribution is -0.119. The first-order valence-electron chi connectivity index (χ1n) is 5.75. The van der Waals surface area contributed by atoms with E-state index in [-0.39, 0.29) is 15.6 Å². The van der Waals surface area contributed by atoms with E-state index >= 15 is 0 Å². The molecule has 0 amide bonds. The lowest BCUT2D eigenvalue weighted by Crippen LogP contribution is -2.47. The minimum atomic E-state index is -1.94. The van der Waals surface area contributed by atoms with E-state index in [4.69, 9.17) is 69.6 Å². The standard InChI is InChI=1S/C12H6Cl6O3/c1-2(19)3-6(20)4-5(7(3)21)11(16)9(14)8(13)10(4,15)12(11,17)18/h4-5,19H,1H3/t4-,5+,10-,11+. The molecule has 21 heavy (non-hydrogen) atoms. The average Bonchev–Trinajstić information content (AvgIpc) is 2.75. The van der Waals surface area contributed by atoms with E-state index in [2.05, 4.69) is 0 Å². The summed E-state index contributed by atoms with van der Waals surface area (Å²) in [5.74, 6) is -4.13. The van der Waals surface area contributed by atoms with Crippen molar-refractivity contribution in [2.24, 2.45) is 11.8 Å². The molecule has 3 nitrogen and oxygen atoms in total. The molecule has 3 aliphatic carbocycles. The third kappa shape index (κ3) is 1.39. The molecule has 0 aliphatic heterocycles. The van der Waals surface area contributed by atoms with E-state index < -0.39 is 43.2 Å². The van der Waals surface area contributed by atoms with Crippen molar-refractivity contribution in [1.29, 1.82) is 0 Å². The van der Waals surface area contributed by atoms with Gasteiger partial charge < -0.3 is 5.11 Å². The Kier molecular flexibility index (Phi) is 3.29. The maximum Gasteiger partial charge on any atom is 0.175 e. The van der Waals surface area contributed by atoms with Gasteiger partial charge >= 0.3 is 0 Å². The number of carbonyl (C=O) groups is 2. The first-order valence-corrected chi connectivity index (χ1v) is 8.02. The van der Waals surface area contributed by atoms with E-state index in [0.717, 1.165) is 0 Å². The van der Waals surface area contributed by atoms with E-state index in [0.29, 0.717) is 0 Å². The van der Waals surface area contributed by atoms with Crippen molar-refractivity contribution in [1.82, 2.24) is 0 Å². The van der Waals surface area contributed by atoms with Gasteiger partial charge in [0.15, 0.2) is 15.9 Å². The number of alkyl halides is 4. The summed E-state index contributed by atoms with van der Waals surface area (Å²) in [6.07, 6.45) is 0. The molecule has 0 aromatic rings. The highest BCUT2D eigenvalue weighted by molar-refractivity contribution is 6.67. The fourth-order valence-corrected chi connectivity index (χ4v) is 6.38. The molecule has 0 heterocycles. The van der Waals surface area contributed by atoms with Crippen LogP contribution in [0, 0.1) is 11.8 Å². The highest BCUT2D eigenvalue weighted by Crippen LogP contribution is 2.78. The summed E-state index contributed by atoms with van der Waals surface area (Å²) in [7, 11) is 0. The van der Waals surface area contributed by atoms with Gasteiger partial charge in [-0.1, -0.05) is 46.4 Å². The van der Waals surface area contributed by atoms with Crippen LogP contribution in [0.5, 0.6) is 0 Å². The Bertz CT molecular complexity index is 628. The van der Waals surface area contributed by atoms with Crippen molar-refractivity contribution < 1.29 is 14.7 Å². The normalized spacial score (nSPS) is 46.4. The number of aliphatic hydroxyl groups is 1. The van der Waals surface area contributed by atoms with Crippen LogP contribution < -0.4 is 0 Å². The highest BCUT2D eigenvalue weighted by Gasteiger charge is 2.87. The number of hydrogen-bond acceptors (Lipinski definition) is 3. The molecule has 0 spiro atoms. The third-order valence-electron chi connectivity index (χ3n) is 4.36. The van der Waals surface area contributed by atoms with Gasteiger partial charge in [0.25, 0.3) is 0 Å². The number of ketones is 2. The van der Waals surface area contributed by atoms with E-state index in [1.807, 2.05) is 0 Å². The monoisotopic (exact) mass is 408 g/mol. The fourth-order valence-electron chi connectivity index (χ4n) is 3.44. The van der Waals surface area contributed by atoms with Gasteiger partial charge in [0, 0.05) is 0 Å². The number of hydrogen-bond donors (Lipinski definition) is 1. The zero-order valence-electron chi connectivity index (χ0n) is 10.2. The van der Waals surface area contributed by atoms with Crippen LogP contribution in [0.1, 0.15) is 6.92 Å². The van der Waals surface area contributed by atoms with Crippen molar-refractivity contribution >= 4 is 81.2 Å². The molecule has 114 valence electrons. The van der Waals surface area contributed by atoms with Crippen LogP contribution in [0.4, 0.5) is 0 Å². The maximum absolute atomic E-state index is 12.5. The van der Waals surface area contributed by atoms with Gasteiger partial charge in [-0.25, -0.2) is 0 Å². The maximum atomic E-state index is 12.5.